The van der Waals surface area contributed by atoms with Crippen LogP contribution >= 0.6 is 11.6 Å². The van der Waals surface area contributed by atoms with Crippen LogP contribution in [0.4, 0.5) is 0 Å². The number of halogens is 1. The molecule has 0 N–H and O–H groups in total. The van der Waals surface area contributed by atoms with Crippen molar-refractivity contribution in [3.05, 3.63) is 60.0 Å². The first kappa shape index (κ1) is 19.4. The summed E-state index contributed by atoms with van der Waals surface area (Å²) in [6, 6.07) is 13.6. The maximum atomic E-state index is 6.05. The third kappa shape index (κ3) is 4.39. The number of rotatable bonds is 6. The first-order valence-electron chi connectivity index (χ1n) is 9.34. The molecule has 0 bridgehead atoms. The van der Waals surface area contributed by atoms with Crippen molar-refractivity contribution in [1.82, 2.24) is 24.6 Å². The van der Waals surface area contributed by atoms with Crippen LogP contribution in [0.1, 0.15) is 0 Å². The van der Waals surface area contributed by atoms with Gasteiger partial charge in [-0.3, -0.25) is 9.67 Å². The van der Waals surface area contributed by atoms with E-state index in [1.807, 2.05) is 74.6 Å². The largest absolute Gasteiger partial charge is 0.492 e. The highest BCUT2D eigenvalue weighted by Gasteiger charge is 2.14. The highest BCUT2D eigenvalue weighted by molar-refractivity contribution is 6.29. The van der Waals surface area contributed by atoms with Gasteiger partial charge in [-0.25, -0.2) is 4.98 Å². The smallest absolute Gasteiger partial charge is 0.129 e. The number of aromatic nitrogens is 4. The molecule has 3 heterocycles. The molecule has 7 heteroatoms. The molecular weight excluding hydrogens is 386 g/mol. The van der Waals surface area contributed by atoms with E-state index < -0.39 is 0 Å². The molecular formula is C22H22ClN5O. The molecule has 4 aromatic rings. The normalized spacial score (nSPS) is 11.3. The van der Waals surface area contributed by atoms with Gasteiger partial charge in [0, 0.05) is 42.7 Å². The zero-order valence-electron chi connectivity index (χ0n) is 16.6. The molecule has 4 rings (SSSR count). The monoisotopic (exact) mass is 407 g/mol. The number of likely N-dealkylation sites (N-methyl/N-ethyl adjacent to an activating group) is 1. The van der Waals surface area contributed by atoms with Crippen molar-refractivity contribution in [3.63, 3.8) is 0 Å². The van der Waals surface area contributed by atoms with Crippen LogP contribution in [0, 0.1) is 0 Å². The highest BCUT2D eigenvalue weighted by Crippen LogP contribution is 2.32. The predicted molar refractivity (Wildman–Crippen MR) is 116 cm³/mol. The van der Waals surface area contributed by atoms with Crippen molar-refractivity contribution < 1.29 is 4.74 Å². The van der Waals surface area contributed by atoms with E-state index >= 15 is 0 Å². The molecule has 0 fully saturated rings. The molecule has 0 aliphatic heterocycles. The summed E-state index contributed by atoms with van der Waals surface area (Å²) in [5.74, 6) is 0.847. The fourth-order valence-corrected chi connectivity index (χ4v) is 3.25. The van der Waals surface area contributed by atoms with E-state index in [-0.39, 0.29) is 0 Å². The number of ether oxygens (including phenoxy) is 1. The molecule has 0 radical (unpaired) electrons. The molecule has 0 amide bonds. The summed E-state index contributed by atoms with van der Waals surface area (Å²) >= 11 is 6.05. The molecule has 0 aliphatic rings. The fourth-order valence-electron chi connectivity index (χ4n) is 3.10. The summed E-state index contributed by atoms with van der Waals surface area (Å²) in [4.78, 5) is 11.0. The number of pyridine rings is 2. The summed E-state index contributed by atoms with van der Waals surface area (Å²) in [5, 5.41) is 5.12. The van der Waals surface area contributed by atoms with E-state index in [0.29, 0.717) is 11.8 Å². The summed E-state index contributed by atoms with van der Waals surface area (Å²) in [5.41, 5.74) is 5.40. The highest BCUT2D eigenvalue weighted by atomic mass is 35.5. The first-order chi connectivity index (χ1) is 14.0. The van der Waals surface area contributed by atoms with Gasteiger partial charge in [0.05, 0.1) is 11.0 Å². The molecule has 6 nitrogen and oxygen atoms in total. The Balaban J connectivity index is 1.65. The molecule has 0 saturated carbocycles. The van der Waals surface area contributed by atoms with Gasteiger partial charge in [-0.2, -0.15) is 5.10 Å². The van der Waals surface area contributed by atoms with Crippen LogP contribution in [0.25, 0.3) is 33.4 Å². The van der Waals surface area contributed by atoms with E-state index in [1.54, 1.807) is 6.07 Å². The second kappa shape index (κ2) is 8.19. The molecule has 29 heavy (non-hydrogen) atoms. The lowest BCUT2D eigenvalue weighted by molar-refractivity contribution is 0.261. The van der Waals surface area contributed by atoms with Gasteiger partial charge in [0.1, 0.15) is 23.2 Å². The number of hydrogen-bond donors (Lipinski definition) is 0. The topological polar surface area (TPSA) is 56.1 Å². The molecule has 0 aliphatic carbocycles. The number of nitrogens with zero attached hydrogens (tertiary/aromatic N) is 5. The Kier molecular flexibility index (Phi) is 5.47. The minimum absolute atomic E-state index is 0.452. The Morgan fingerprint density at radius 2 is 1.83 bits per heavy atom. The van der Waals surface area contributed by atoms with Gasteiger partial charge in [-0.15, -0.1) is 0 Å². The standard InChI is InChI=1S/C22H22ClN5O/c1-27(2)10-11-29-17-6-4-15(5-7-17)22-18(14-28(3)26-22)16-12-20-19(24-13-16)8-9-21(23)25-20/h4-9,12-14H,10-11H2,1-3H3. The molecule has 0 spiro atoms. The van der Waals surface area contributed by atoms with Crippen molar-refractivity contribution in [2.24, 2.45) is 7.05 Å². The van der Waals surface area contributed by atoms with Gasteiger partial charge in [0.2, 0.25) is 0 Å². The van der Waals surface area contributed by atoms with Gasteiger partial charge >= 0.3 is 0 Å². The molecule has 0 saturated heterocycles. The second-order valence-electron chi connectivity index (χ2n) is 7.14. The lowest BCUT2D eigenvalue weighted by Crippen LogP contribution is -2.19. The van der Waals surface area contributed by atoms with Crippen LogP contribution in [-0.4, -0.2) is 51.9 Å². The van der Waals surface area contributed by atoms with E-state index in [0.717, 1.165) is 45.7 Å². The number of fused-ring (bicyclic) bond motifs is 1. The van der Waals surface area contributed by atoms with Crippen molar-refractivity contribution in [2.75, 3.05) is 27.2 Å². The SMILES string of the molecule is CN(C)CCOc1ccc(-c2nn(C)cc2-c2cnc3ccc(Cl)nc3c2)cc1. The minimum atomic E-state index is 0.452. The maximum absolute atomic E-state index is 6.05. The molecule has 0 atom stereocenters. The van der Waals surface area contributed by atoms with Crippen LogP contribution < -0.4 is 4.74 Å². The van der Waals surface area contributed by atoms with Crippen molar-refractivity contribution in [3.8, 4) is 28.1 Å². The Labute approximate surface area is 174 Å². The van der Waals surface area contributed by atoms with Gasteiger partial charge in [0.25, 0.3) is 0 Å². The van der Waals surface area contributed by atoms with Crippen LogP contribution in [0.3, 0.4) is 0 Å². The number of benzene rings is 1. The lowest BCUT2D eigenvalue weighted by Gasteiger charge is -2.11. The zero-order chi connectivity index (χ0) is 20.4. The van der Waals surface area contributed by atoms with E-state index in [9.17, 15) is 0 Å². The number of hydrogen-bond acceptors (Lipinski definition) is 5. The Bertz CT molecular complexity index is 1140. The van der Waals surface area contributed by atoms with Crippen LogP contribution in [0.2, 0.25) is 5.15 Å². The average molecular weight is 408 g/mol. The summed E-state index contributed by atoms with van der Waals surface area (Å²) in [7, 11) is 5.97. The van der Waals surface area contributed by atoms with Crippen molar-refractivity contribution in [1.29, 1.82) is 0 Å². The third-order valence-electron chi connectivity index (χ3n) is 4.58. The summed E-state index contributed by atoms with van der Waals surface area (Å²) in [6.07, 6.45) is 3.83. The lowest BCUT2D eigenvalue weighted by atomic mass is 10.0. The Hall–Kier alpha value is -2.96. The van der Waals surface area contributed by atoms with Crippen LogP contribution in [0.15, 0.2) is 54.9 Å². The molecule has 1 aromatic carbocycles. The van der Waals surface area contributed by atoms with Crippen molar-refractivity contribution >= 4 is 22.6 Å². The molecule has 3 aromatic heterocycles. The molecule has 0 unspecified atom stereocenters. The van der Waals surface area contributed by atoms with Crippen LogP contribution in [0.5, 0.6) is 5.75 Å². The van der Waals surface area contributed by atoms with Gasteiger partial charge in [0.15, 0.2) is 0 Å². The Morgan fingerprint density at radius 3 is 2.59 bits per heavy atom. The summed E-state index contributed by atoms with van der Waals surface area (Å²) < 4.78 is 7.60. The fraction of sp³-hybridized carbons (Fsp3) is 0.227. The number of aryl methyl sites for hydroxylation is 1. The van der Waals surface area contributed by atoms with Crippen LogP contribution in [-0.2, 0) is 7.05 Å². The maximum Gasteiger partial charge on any atom is 0.129 e. The summed E-state index contributed by atoms with van der Waals surface area (Å²) in [6.45, 7) is 1.53. The Morgan fingerprint density at radius 1 is 1.03 bits per heavy atom. The first-order valence-corrected chi connectivity index (χ1v) is 9.72. The zero-order valence-corrected chi connectivity index (χ0v) is 17.4. The van der Waals surface area contributed by atoms with E-state index in [1.165, 1.54) is 0 Å². The second-order valence-corrected chi connectivity index (χ2v) is 7.52. The van der Waals surface area contributed by atoms with Gasteiger partial charge < -0.3 is 9.64 Å². The average Bonchev–Trinajstić information content (AvgIpc) is 3.09. The van der Waals surface area contributed by atoms with Gasteiger partial charge in [-0.05, 0) is 56.6 Å². The van der Waals surface area contributed by atoms with Crippen molar-refractivity contribution in [2.45, 2.75) is 0 Å². The van der Waals surface area contributed by atoms with E-state index in [2.05, 4.69) is 20.0 Å². The van der Waals surface area contributed by atoms with E-state index in [4.69, 9.17) is 16.3 Å². The quantitative estimate of drug-likeness (QED) is 0.446. The minimum Gasteiger partial charge on any atom is -0.492 e. The van der Waals surface area contributed by atoms with Gasteiger partial charge in [-0.1, -0.05) is 11.6 Å². The predicted octanol–water partition coefficient (Wildman–Crippen LogP) is 4.29. The molecule has 148 valence electrons. The third-order valence-corrected chi connectivity index (χ3v) is 4.79.